The van der Waals surface area contributed by atoms with E-state index >= 15 is 0 Å². The molecule has 1 N–H and O–H groups in total. The SMILES string of the molecule is CCOC(=O)c1c(NC(=O)c2ccc(COc3ccccc3Cl)o2)sc(C)c1C. The number of nitrogens with one attached hydrogen (secondary N) is 1. The standard InChI is InChI=1S/C21H20ClNO5S/c1-4-26-21(25)18-12(2)13(3)29-20(18)23-19(24)17-10-9-14(28-17)11-27-16-8-6-5-7-15(16)22/h5-10H,4,11H2,1-3H3,(H,23,24). The Kier molecular flexibility index (Phi) is 6.61. The maximum Gasteiger partial charge on any atom is 0.341 e. The lowest BCUT2D eigenvalue weighted by atomic mass is 10.1. The van der Waals surface area contributed by atoms with Crippen molar-refractivity contribution in [1.29, 1.82) is 0 Å². The minimum absolute atomic E-state index is 0.112. The summed E-state index contributed by atoms with van der Waals surface area (Å²) >= 11 is 7.38. The van der Waals surface area contributed by atoms with Gasteiger partial charge in [0.15, 0.2) is 5.76 Å². The Hall–Kier alpha value is -2.77. The number of para-hydroxylation sites is 1. The maximum atomic E-state index is 12.6. The quantitative estimate of drug-likeness (QED) is 0.489. The zero-order valence-corrected chi connectivity index (χ0v) is 17.8. The summed E-state index contributed by atoms with van der Waals surface area (Å²) in [6, 6.07) is 10.3. The van der Waals surface area contributed by atoms with Crippen LogP contribution in [-0.4, -0.2) is 18.5 Å². The van der Waals surface area contributed by atoms with E-state index in [1.54, 1.807) is 31.2 Å². The molecular formula is C21H20ClNO5S. The molecule has 0 aliphatic carbocycles. The topological polar surface area (TPSA) is 77.8 Å². The second-order valence-electron chi connectivity index (χ2n) is 6.15. The first-order valence-corrected chi connectivity index (χ1v) is 10.1. The molecule has 0 spiro atoms. The molecule has 0 aliphatic rings. The van der Waals surface area contributed by atoms with E-state index in [2.05, 4.69) is 5.32 Å². The van der Waals surface area contributed by atoms with E-state index in [-0.39, 0.29) is 19.0 Å². The van der Waals surface area contributed by atoms with Crippen molar-refractivity contribution in [3.8, 4) is 5.75 Å². The van der Waals surface area contributed by atoms with Crippen LogP contribution in [0.25, 0.3) is 0 Å². The summed E-state index contributed by atoms with van der Waals surface area (Å²) in [7, 11) is 0. The molecule has 0 saturated carbocycles. The van der Waals surface area contributed by atoms with Gasteiger partial charge in [-0.25, -0.2) is 4.79 Å². The highest BCUT2D eigenvalue weighted by atomic mass is 35.5. The van der Waals surface area contributed by atoms with E-state index < -0.39 is 11.9 Å². The Balaban J connectivity index is 1.70. The number of halogens is 1. The molecule has 29 heavy (non-hydrogen) atoms. The molecule has 0 atom stereocenters. The number of hydrogen-bond donors (Lipinski definition) is 1. The molecule has 0 radical (unpaired) electrons. The van der Waals surface area contributed by atoms with Crippen molar-refractivity contribution < 1.29 is 23.5 Å². The molecule has 3 rings (SSSR count). The predicted molar refractivity (Wildman–Crippen MR) is 112 cm³/mol. The Morgan fingerprint density at radius 1 is 1.17 bits per heavy atom. The van der Waals surface area contributed by atoms with Gasteiger partial charge in [0, 0.05) is 4.88 Å². The summed E-state index contributed by atoms with van der Waals surface area (Å²) in [5.41, 5.74) is 1.16. The molecule has 0 unspecified atom stereocenters. The highest BCUT2D eigenvalue weighted by Gasteiger charge is 2.23. The van der Waals surface area contributed by atoms with Crippen LogP contribution in [0.3, 0.4) is 0 Å². The highest BCUT2D eigenvalue weighted by Crippen LogP contribution is 2.33. The number of hydrogen-bond acceptors (Lipinski definition) is 6. The fourth-order valence-electron chi connectivity index (χ4n) is 2.62. The van der Waals surface area contributed by atoms with E-state index in [4.69, 9.17) is 25.5 Å². The van der Waals surface area contributed by atoms with Crippen LogP contribution in [0, 0.1) is 13.8 Å². The van der Waals surface area contributed by atoms with Crippen molar-refractivity contribution in [2.75, 3.05) is 11.9 Å². The Morgan fingerprint density at radius 3 is 2.66 bits per heavy atom. The lowest BCUT2D eigenvalue weighted by Gasteiger charge is -2.06. The van der Waals surface area contributed by atoms with Gasteiger partial charge in [-0.1, -0.05) is 23.7 Å². The van der Waals surface area contributed by atoms with E-state index in [1.165, 1.54) is 11.3 Å². The number of thiophene rings is 1. The summed E-state index contributed by atoms with van der Waals surface area (Å²) in [6.07, 6.45) is 0. The summed E-state index contributed by atoms with van der Waals surface area (Å²) in [4.78, 5) is 25.8. The van der Waals surface area contributed by atoms with Gasteiger partial charge in [0.25, 0.3) is 5.91 Å². The summed E-state index contributed by atoms with van der Waals surface area (Å²) in [5.74, 6) is 0.194. The molecule has 0 saturated heterocycles. The fraction of sp³-hybridized carbons (Fsp3) is 0.238. The molecular weight excluding hydrogens is 414 g/mol. The lowest BCUT2D eigenvalue weighted by molar-refractivity contribution is 0.0527. The molecule has 8 heteroatoms. The molecule has 0 bridgehead atoms. The van der Waals surface area contributed by atoms with Gasteiger partial charge in [0.1, 0.15) is 23.1 Å². The first-order valence-electron chi connectivity index (χ1n) is 8.95. The van der Waals surface area contributed by atoms with Crippen molar-refractivity contribution >= 4 is 39.8 Å². The number of amides is 1. The average Bonchev–Trinajstić information content (AvgIpc) is 3.26. The normalized spacial score (nSPS) is 10.6. The van der Waals surface area contributed by atoms with Gasteiger partial charge in [-0.3, -0.25) is 4.79 Å². The van der Waals surface area contributed by atoms with Crippen LogP contribution in [-0.2, 0) is 11.3 Å². The Labute approximate surface area is 177 Å². The maximum absolute atomic E-state index is 12.6. The van der Waals surface area contributed by atoms with E-state index in [0.717, 1.165) is 10.4 Å². The zero-order chi connectivity index (χ0) is 21.0. The van der Waals surface area contributed by atoms with E-state index in [9.17, 15) is 9.59 Å². The zero-order valence-electron chi connectivity index (χ0n) is 16.2. The number of rotatable bonds is 7. The number of anilines is 1. The van der Waals surface area contributed by atoms with Crippen LogP contribution in [0.15, 0.2) is 40.8 Å². The number of ether oxygens (including phenoxy) is 2. The van der Waals surface area contributed by atoms with E-state index in [1.807, 2.05) is 26.0 Å². The van der Waals surface area contributed by atoms with Crippen molar-refractivity contribution in [2.24, 2.45) is 0 Å². The molecule has 3 aromatic rings. The lowest BCUT2D eigenvalue weighted by Crippen LogP contribution is -2.14. The van der Waals surface area contributed by atoms with Crippen LogP contribution in [0.4, 0.5) is 5.00 Å². The molecule has 1 amide bonds. The third kappa shape index (κ3) is 4.81. The summed E-state index contributed by atoms with van der Waals surface area (Å²) in [6.45, 7) is 5.83. The largest absolute Gasteiger partial charge is 0.484 e. The first-order chi connectivity index (χ1) is 13.9. The van der Waals surface area contributed by atoms with Gasteiger partial charge in [0.2, 0.25) is 0 Å². The number of benzene rings is 1. The molecule has 2 aromatic heterocycles. The monoisotopic (exact) mass is 433 g/mol. The van der Waals surface area contributed by atoms with Gasteiger partial charge >= 0.3 is 5.97 Å². The molecule has 152 valence electrons. The summed E-state index contributed by atoms with van der Waals surface area (Å²) in [5, 5.41) is 3.68. The molecule has 1 aromatic carbocycles. The number of aryl methyl sites for hydroxylation is 1. The van der Waals surface area contributed by atoms with Crippen LogP contribution < -0.4 is 10.1 Å². The predicted octanol–water partition coefficient (Wildman–Crippen LogP) is 5.62. The van der Waals surface area contributed by atoms with Crippen LogP contribution >= 0.6 is 22.9 Å². The highest BCUT2D eigenvalue weighted by molar-refractivity contribution is 7.16. The molecule has 2 heterocycles. The summed E-state index contributed by atoms with van der Waals surface area (Å²) < 4.78 is 16.3. The average molecular weight is 434 g/mol. The molecule has 6 nitrogen and oxygen atoms in total. The number of carbonyl (C=O) groups excluding carboxylic acids is 2. The fourth-order valence-corrected chi connectivity index (χ4v) is 3.85. The Morgan fingerprint density at radius 2 is 1.93 bits per heavy atom. The first kappa shape index (κ1) is 21.0. The van der Waals surface area contributed by atoms with Gasteiger partial charge in [-0.05, 0) is 50.6 Å². The molecule has 0 aliphatic heterocycles. The van der Waals surface area contributed by atoms with Gasteiger partial charge in [-0.2, -0.15) is 0 Å². The number of furan rings is 1. The van der Waals surface area contributed by atoms with Crippen molar-refractivity contribution in [1.82, 2.24) is 0 Å². The molecule has 0 fully saturated rings. The second-order valence-corrected chi connectivity index (χ2v) is 7.78. The van der Waals surface area contributed by atoms with Crippen LogP contribution in [0.2, 0.25) is 5.02 Å². The van der Waals surface area contributed by atoms with E-state index in [0.29, 0.717) is 27.1 Å². The third-order valence-corrected chi connectivity index (χ3v) is 5.62. The van der Waals surface area contributed by atoms with Crippen LogP contribution in [0.1, 0.15) is 44.0 Å². The number of esters is 1. The minimum Gasteiger partial charge on any atom is -0.484 e. The second kappa shape index (κ2) is 9.15. The van der Waals surface area contributed by atoms with Crippen molar-refractivity contribution in [2.45, 2.75) is 27.4 Å². The van der Waals surface area contributed by atoms with Crippen molar-refractivity contribution in [3.05, 3.63) is 68.9 Å². The van der Waals surface area contributed by atoms with Gasteiger partial charge in [0.05, 0.1) is 17.2 Å². The van der Waals surface area contributed by atoms with Crippen LogP contribution in [0.5, 0.6) is 5.75 Å². The van der Waals surface area contributed by atoms with Crippen molar-refractivity contribution in [3.63, 3.8) is 0 Å². The van der Waals surface area contributed by atoms with Gasteiger partial charge in [-0.15, -0.1) is 11.3 Å². The minimum atomic E-state index is -0.460. The third-order valence-electron chi connectivity index (χ3n) is 4.18. The smallest absolute Gasteiger partial charge is 0.341 e. The number of carbonyl (C=O) groups is 2. The van der Waals surface area contributed by atoms with Gasteiger partial charge < -0.3 is 19.2 Å². The Bertz CT molecular complexity index is 1040.